The Hall–Kier alpha value is -0.830. The van der Waals surface area contributed by atoms with E-state index in [4.69, 9.17) is 0 Å². The predicted octanol–water partition coefficient (Wildman–Crippen LogP) is 3.68. The average molecular weight is 285 g/mol. The number of benzene rings is 1. The molecule has 0 atom stereocenters. The molecule has 0 radical (unpaired) electrons. The zero-order valence-electron chi connectivity index (χ0n) is 9.92. The molecule has 0 aliphatic heterocycles. The number of hydrogen-bond donors (Lipinski definition) is 0. The van der Waals surface area contributed by atoms with Crippen molar-refractivity contribution in [3.05, 3.63) is 34.3 Å². The van der Waals surface area contributed by atoms with Crippen LogP contribution in [0, 0.1) is 0 Å². The largest absolute Gasteiger partial charge is 0.469 e. The van der Waals surface area contributed by atoms with Crippen molar-refractivity contribution in [2.75, 3.05) is 7.11 Å². The predicted molar refractivity (Wildman–Crippen MR) is 68.4 cm³/mol. The van der Waals surface area contributed by atoms with Crippen LogP contribution in [-0.4, -0.2) is 13.1 Å². The summed E-state index contributed by atoms with van der Waals surface area (Å²) in [6, 6.07) is 8.22. The van der Waals surface area contributed by atoms with E-state index >= 15 is 0 Å². The van der Waals surface area contributed by atoms with E-state index in [1.807, 2.05) is 12.1 Å². The molecule has 1 rings (SSSR count). The highest BCUT2D eigenvalue weighted by molar-refractivity contribution is 9.10. The van der Waals surface area contributed by atoms with Crippen molar-refractivity contribution in [1.82, 2.24) is 0 Å². The molecule has 0 saturated carbocycles. The van der Waals surface area contributed by atoms with Gasteiger partial charge >= 0.3 is 5.97 Å². The lowest BCUT2D eigenvalue weighted by atomic mass is 9.80. The molecule has 3 heteroatoms. The van der Waals surface area contributed by atoms with Crippen molar-refractivity contribution < 1.29 is 9.53 Å². The highest BCUT2D eigenvalue weighted by Crippen LogP contribution is 2.29. The summed E-state index contributed by atoms with van der Waals surface area (Å²) < 4.78 is 5.72. The molecule has 0 aliphatic carbocycles. The molecular weight excluding hydrogens is 268 g/mol. The van der Waals surface area contributed by atoms with Crippen molar-refractivity contribution >= 4 is 21.9 Å². The van der Waals surface area contributed by atoms with Crippen molar-refractivity contribution in [2.45, 2.75) is 32.1 Å². The molecule has 0 bridgehead atoms. The minimum Gasteiger partial charge on any atom is -0.469 e. The molecular formula is C13H17BrO2. The third-order valence-corrected chi connectivity index (χ3v) is 3.34. The monoisotopic (exact) mass is 284 g/mol. The number of hydrogen-bond acceptors (Lipinski definition) is 2. The van der Waals surface area contributed by atoms with Crippen molar-refractivity contribution in [3.63, 3.8) is 0 Å². The fourth-order valence-electron chi connectivity index (χ4n) is 1.56. The van der Waals surface area contributed by atoms with E-state index < -0.39 is 0 Å². The van der Waals surface area contributed by atoms with Gasteiger partial charge in [0.15, 0.2) is 0 Å². The Labute approximate surface area is 105 Å². The Morgan fingerprint density at radius 2 is 1.88 bits per heavy atom. The molecule has 88 valence electrons. The molecule has 1 aromatic rings. The molecule has 0 spiro atoms. The van der Waals surface area contributed by atoms with Gasteiger partial charge in [-0.25, -0.2) is 0 Å². The van der Waals surface area contributed by atoms with Crippen molar-refractivity contribution in [3.8, 4) is 0 Å². The molecule has 0 fully saturated rings. The first-order valence-electron chi connectivity index (χ1n) is 5.28. The van der Waals surface area contributed by atoms with E-state index in [1.54, 1.807) is 0 Å². The van der Waals surface area contributed by atoms with Crippen LogP contribution in [0.5, 0.6) is 0 Å². The molecule has 16 heavy (non-hydrogen) atoms. The van der Waals surface area contributed by atoms with E-state index in [2.05, 4.69) is 46.6 Å². The van der Waals surface area contributed by atoms with E-state index in [9.17, 15) is 4.79 Å². The van der Waals surface area contributed by atoms with Gasteiger partial charge in [-0.3, -0.25) is 4.79 Å². The fraction of sp³-hybridized carbons (Fsp3) is 0.462. The number of rotatable bonds is 4. The summed E-state index contributed by atoms with van der Waals surface area (Å²) in [5.74, 6) is -0.148. The van der Waals surface area contributed by atoms with Crippen LogP contribution in [0.15, 0.2) is 28.7 Å². The number of methoxy groups -OCH3 is 1. The number of halogens is 1. The highest BCUT2D eigenvalue weighted by atomic mass is 79.9. The topological polar surface area (TPSA) is 26.3 Å². The second-order valence-electron chi connectivity index (χ2n) is 4.47. The minimum absolute atomic E-state index is 0.00507. The standard InChI is InChI=1S/C13H17BrO2/c1-13(2,9-8-12(15)16-3)10-4-6-11(14)7-5-10/h4-7H,8-9H2,1-3H3. The summed E-state index contributed by atoms with van der Waals surface area (Å²) in [6.45, 7) is 4.28. The second kappa shape index (κ2) is 5.48. The van der Waals surface area contributed by atoms with Gasteiger partial charge in [0.05, 0.1) is 7.11 Å². The zero-order chi connectivity index (χ0) is 12.2. The van der Waals surface area contributed by atoms with Gasteiger partial charge in [-0.05, 0) is 29.5 Å². The summed E-state index contributed by atoms with van der Waals surface area (Å²) in [6.07, 6.45) is 1.25. The Bertz CT molecular complexity index is 355. The lowest BCUT2D eigenvalue weighted by molar-refractivity contribution is -0.141. The maximum atomic E-state index is 11.1. The quantitative estimate of drug-likeness (QED) is 0.789. The molecule has 2 nitrogen and oxygen atoms in total. The first-order valence-corrected chi connectivity index (χ1v) is 6.08. The first-order chi connectivity index (χ1) is 7.45. The van der Waals surface area contributed by atoms with E-state index in [-0.39, 0.29) is 11.4 Å². The molecule has 0 saturated heterocycles. The normalized spacial score (nSPS) is 11.2. The van der Waals surface area contributed by atoms with Gasteiger partial charge in [-0.15, -0.1) is 0 Å². The lowest BCUT2D eigenvalue weighted by Crippen LogP contribution is -2.19. The second-order valence-corrected chi connectivity index (χ2v) is 5.38. The first kappa shape index (κ1) is 13.2. The maximum Gasteiger partial charge on any atom is 0.305 e. The van der Waals surface area contributed by atoms with E-state index in [0.29, 0.717) is 6.42 Å². The number of ether oxygens (including phenoxy) is 1. The SMILES string of the molecule is COC(=O)CCC(C)(C)c1ccc(Br)cc1. The summed E-state index contributed by atoms with van der Waals surface area (Å²) in [4.78, 5) is 11.1. The Morgan fingerprint density at radius 1 is 1.31 bits per heavy atom. The zero-order valence-corrected chi connectivity index (χ0v) is 11.5. The molecule has 0 unspecified atom stereocenters. The summed E-state index contributed by atoms with van der Waals surface area (Å²) in [5.41, 5.74) is 1.23. The smallest absolute Gasteiger partial charge is 0.305 e. The molecule has 0 heterocycles. The molecule has 0 amide bonds. The van der Waals surface area contributed by atoms with Gasteiger partial charge in [0.1, 0.15) is 0 Å². The van der Waals surface area contributed by atoms with Crippen LogP contribution >= 0.6 is 15.9 Å². The summed E-state index contributed by atoms with van der Waals surface area (Å²) in [5, 5.41) is 0. The Balaban J connectivity index is 2.69. The van der Waals surface area contributed by atoms with Crippen molar-refractivity contribution in [2.24, 2.45) is 0 Å². The fourth-order valence-corrected chi connectivity index (χ4v) is 1.83. The number of carbonyl (C=O) groups excluding carboxylic acids is 1. The van der Waals surface area contributed by atoms with Crippen LogP contribution in [-0.2, 0) is 14.9 Å². The Morgan fingerprint density at radius 3 is 2.38 bits per heavy atom. The maximum absolute atomic E-state index is 11.1. The molecule has 1 aromatic carbocycles. The van der Waals surface area contributed by atoms with Gasteiger partial charge in [0, 0.05) is 10.9 Å². The average Bonchev–Trinajstić information content (AvgIpc) is 2.26. The molecule has 0 aliphatic rings. The molecule has 0 aromatic heterocycles. The van der Waals surface area contributed by atoms with Crippen LogP contribution in [0.2, 0.25) is 0 Å². The lowest BCUT2D eigenvalue weighted by Gasteiger charge is -2.24. The van der Waals surface area contributed by atoms with Gasteiger partial charge < -0.3 is 4.74 Å². The van der Waals surface area contributed by atoms with Crippen LogP contribution in [0.3, 0.4) is 0 Å². The van der Waals surface area contributed by atoms with Crippen LogP contribution < -0.4 is 0 Å². The van der Waals surface area contributed by atoms with Gasteiger partial charge in [0.25, 0.3) is 0 Å². The third kappa shape index (κ3) is 3.63. The van der Waals surface area contributed by atoms with Gasteiger partial charge in [0.2, 0.25) is 0 Å². The summed E-state index contributed by atoms with van der Waals surface area (Å²) >= 11 is 3.41. The van der Waals surface area contributed by atoms with E-state index in [1.165, 1.54) is 12.7 Å². The van der Waals surface area contributed by atoms with Crippen LogP contribution in [0.25, 0.3) is 0 Å². The molecule has 0 N–H and O–H groups in total. The Kier molecular flexibility index (Phi) is 4.54. The van der Waals surface area contributed by atoms with E-state index in [0.717, 1.165) is 10.9 Å². The summed E-state index contributed by atoms with van der Waals surface area (Å²) in [7, 11) is 1.43. The van der Waals surface area contributed by atoms with Gasteiger partial charge in [-0.2, -0.15) is 0 Å². The third-order valence-electron chi connectivity index (χ3n) is 2.81. The van der Waals surface area contributed by atoms with Crippen molar-refractivity contribution in [1.29, 1.82) is 0 Å². The number of esters is 1. The number of carbonyl (C=O) groups is 1. The van der Waals surface area contributed by atoms with Crippen LogP contribution in [0.4, 0.5) is 0 Å². The minimum atomic E-state index is -0.148. The van der Waals surface area contributed by atoms with Gasteiger partial charge in [-0.1, -0.05) is 41.9 Å². The highest BCUT2D eigenvalue weighted by Gasteiger charge is 2.21. The van der Waals surface area contributed by atoms with Crippen LogP contribution in [0.1, 0.15) is 32.3 Å².